The summed E-state index contributed by atoms with van der Waals surface area (Å²) in [6.45, 7) is 5.33. The van der Waals surface area contributed by atoms with E-state index < -0.39 is 0 Å². The van der Waals surface area contributed by atoms with Crippen LogP contribution in [0.25, 0.3) is 33.5 Å². The number of piperidine rings is 1. The van der Waals surface area contributed by atoms with Gasteiger partial charge in [0, 0.05) is 30.2 Å². The van der Waals surface area contributed by atoms with Gasteiger partial charge in [0.2, 0.25) is 0 Å². The summed E-state index contributed by atoms with van der Waals surface area (Å²) in [4.78, 5) is 13.6. The van der Waals surface area contributed by atoms with Gasteiger partial charge in [-0.3, -0.25) is 5.10 Å². The second-order valence-corrected chi connectivity index (χ2v) is 10.3. The van der Waals surface area contributed by atoms with E-state index in [1.807, 2.05) is 36.4 Å². The number of nitrogens with zero attached hydrogens (tertiary/aromatic N) is 4. The van der Waals surface area contributed by atoms with E-state index in [1.54, 1.807) is 0 Å². The van der Waals surface area contributed by atoms with Crippen LogP contribution in [0.3, 0.4) is 0 Å². The van der Waals surface area contributed by atoms with Crippen LogP contribution in [0.2, 0.25) is 0 Å². The van der Waals surface area contributed by atoms with Gasteiger partial charge in [0.1, 0.15) is 18.1 Å². The van der Waals surface area contributed by atoms with Crippen molar-refractivity contribution in [3.8, 4) is 17.3 Å². The lowest BCUT2D eigenvalue weighted by Gasteiger charge is -2.37. The van der Waals surface area contributed by atoms with E-state index in [0.29, 0.717) is 6.61 Å². The monoisotopic (exact) mass is 492 g/mol. The van der Waals surface area contributed by atoms with Gasteiger partial charge < -0.3 is 19.5 Å². The van der Waals surface area contributed by atoms with Crippen molar-refractivity contribution in [3.63, 3.8) is 0 Å². The predicted octanol–water partition coefficient (Wildman–Crippen LogP) is 5.75. The van der Waals surface area contributed by atoms with Crippen molar-refractivity contribution in [1.29, 1.82) is 0 Å². The molecule has 5 aromatic rings. The number of imidazole rings is 1. The van der Waals surface area contributed by atoms with Gasteiger partial charge in [0.05, 0.1) is 16.6 Å². The number of H-pyrrole nitrogens is 2. The molecular formula is C30H32N6O. The van der Waals surface area contributed by atoms with Crippen molar-refractivity contribution in [3.05, 3.63) is 72.3 Å². The molecule has 0 spiro atoms. The first-order valence-corrected chi connectivity index (χ1v) is 13.4. The maximum absolute atomic E-state index is 6.06. The van der Waals surface area contributed by atoms with E-state index >= 15 is 0 Å². The average molecular weight is 493 g/mol. The second kappa shape index (κ2) is 9.56. The third-order valence-electron chi connectivity index (χ3n) is 7.96. The van der Waals surface area contributed by atoms with Crippen molar-refractivity contribution >= 4 is 27.6 Å². The summed E-state index contributed by atoms with van der Waals surface area (Å²) >= 11 is 0. The Hall–Kier alpha value is -3.84. The Morgan fingerprint density at radius 2 is 1.70 bits per heavy atom. The largest absolute Gasteiger partial charge is 0.489 e. The summed E-state index contributed by atoms with van der Waals surface area (Å²) in [7, 11) is 0. The first-order valence-electron chi connectivity index (χ1n) is 13.4. The van der Waals surface area contributed by atoms with Crippen LogP contribution >= 0.6 is 0 Å². The maximum Gasteiger partial charge on any atom is 0.159 e. The molecule has 0 bridgehead atoms. The van der Waals surface area contributed by atoms with E-state index in [-0.39, 0.29) is 0 Å². The number of anilines is 1. The smallest absolute Gasteiger partial charge is 0.159 e. The molecule has 2 aliphatic heterocycles. The number of aromatic amines is 2. The number of fused-ring (bicyclic) bond motifs is 2. The molecule has 0 radical (unpaired) electrons. The van der Waals surface area contributed by atoms with Gasteiger partial charge in [-0.15, -0.1) is 0 Å². The molecule has 37 heavy (non-hydrogen) atoms. The second-order valence-electron chi connectivity index (χ2n) is 10.3. The highest BCUT2D eigenvalue weighted by Gasteiger charge is 2.26. The Kier molecular flexibility index (Phi) is 5.78. The molecule has 2 fully saturated rings. The minimum atomic E-state index is 0.530. The molecule has 0 saturated carbocycles. The molecule has 2 aromatic heterocycles. The molecule has 2 aliphatic rings. The summed E-state index contributed by atoms with van der Waals surface area (Å²) in [6, 6.07) is 23.6. The van der Waals surface area contributed by atoms with Crippen LogP contribution in [-0.4, -0.2) is 57.3 Å². The minimum Gasteiger partial charge on any atom is -0.489 e. The zero-order chi connectivity index (χ0) is 24.6. The normalized spacial score (nSPS) is 17.2. The molecule has 2 N–H and O–H groups in total. The van der Waals surface area contributed by atoms with Crippen LogP contribution in [-0.2, 0) is 6.61 Å². The molecule has 3 aromatic carbocycles. The quantitative estimate of drug-likeness (QED) is 0.316. The molecule has 0 unspecified atom stereocenters. The molecule has 2 saturated heterocycles. The standard InChI is InChI=1S/C30H32N6O/c1-2-6-21(7-3-1)20-37-24-9-11-26-25(19-24)29(34-33-26)30-31-27-10-8-23(18-28(27)32-30)36-16-12-22(13-17-36)35-14-4-5-15-35/h1-3,6-11,18-19,22H,4-5,12-17,20H2,(H,31,32)(H,33,34). The zero-order valence-electron chi connectivity index (χ0n) is 21.0. The van der Waals surface area contributed by atoms with Gasteiger partial charge in [-0.2, -0.15) is 5.10 Å². The summed E-state index contributed by atoms with van der Waals surface area (Å²) < 4.78 is 6.06. The first kappa shape index (κ1) is 22.4. The van der Waals surface area contributed by atoms with Gasteiger partial charge in [0.15, 0.2) is 5.82 Å². The molecule has 4 heterocycles. The highest BCUT2D eigenvalue weighted by Crippen LogP contribution is 2.31. The number of likely N-dealkylation sites (tertiary alicyclic amines) is 1. The number of aromatic nitrogens is 4. The van der Waals surface area contributed by atoms with Crippen molar-refractivity contribution in [1.82, 2.24) is 25.1 Å². The molecule has 0 aliphatic carbocycles. The molecule has 7 heteroatoms. The minimum absolute atomic E-state index is 0.530. The van der Waals surface area contributed by atoms with Crippen molar-refractivity contribution in [2.24, 2.45) is 0 Å². The van der Waals surface area contributed by atoms with Crippen LogP contribution in [0.4, 0.5) is 5.69 Å². The van der Waals surface area contributed by atoms with E-state index in [2.05, 4.69) is 55.3 Å². The van der Waals surface area contributed by atoms with E-state index in [1.165, 1.54) is 44.5 Å². The van der Waals surface area contributed by atoms with Crippen LogP contribution in [0, 0.1) is 0 Å². The number of rotatable bonds is 6. The lowest BCUT2D eigenvalue weighted by atomic mass is 10.0. The van der Waals surface area contributed by atoms with E-state index in [0.717, 1.165) is 63.9 Å². The van der Waals surface area contributed by atoms with E-state index in [9.17, 15) is 0 Å². The summed E-state index contributed by atoms with van der Waals surface area (Å²) in [5, 5.41) is 8.73. The van der Waals surface area contributed by atoms with Crippen LogP contribution < -0.4 is 9.64 Å². The number of nitrogens with one attached hydrogen (secondary N) is 2. The van der Waals surface area contributed by atoms with Gasteiger partial charge in [0.25, 0.3) is 0 Å². The Morgan fingerprint density at radius 1 is 0.865 bits per heavy atom. The van der Waals surface area contributed by atoms with Gasteiger partial charge in [-0.25, -0.2) is 4.98 Å². The summed E-state index contributed by atoms with van der Waals surface area (Å²) in [6.07, 6.45) is 5.24. The zero-order valence-corrected chi connectivity index (χ0v) is 21.0. The molecule has 0 atom stereocenters. The molecule has 7 rings (SSSR count). The van der Waals surface area contributed by atoms with Crippen LogP contribution in [0.15, 0.2) is 66.7 Å². The number of hydrogen-bond donors (Lipinski definition) is 2. The molecule has 7 nitrogen and oxygen atoms in total. The van der Waals surface area contributed by atoms with Crippen molar-refractivity contribution < 1.29 is 4.74 Å². The topological polar surface area (TPSA) is 73.1 Å². The van der Waals surface area contributed by atoms with E-state index in [4.69, 9.17) is 9.72 Å². The Bertz CT molecular complexity index is 1510. The predicted molar refractivity (Wildman–Crippen MR) is 148 cm³/mol. The fourth-order valence-electron chi connectivity index (χ4n) is 5.91. The lowest BCUT2D eigenvalue weighted by Crippen LogP contribution is -2.43. The average Bonchev–Trinajstić information content (AvgIpc) is 3.71. The van der Waals surface area contributed by atoms with Gasteiger partial charge in [-0.05, 0) is 80.7 Å². The lowest BCUT2D eigenvalue weighted by molar-refractivity contribution is 0.208. The molecular weight excluding hydrogens is 460 g/mol. The highest BCUT2D eigenvalue weighted by atomic mass is 16.5. The SMILES string of the molecule is c1ccc(COc2ccc3[nH]nc(-c4nc5ccc(N6CCC(N7CCCC7)CC6)cc5[nH]4)c3c2)cc1. The van der Waals surface area contributed by atoms with Gasteiger partial charge in [-0.1, -0.05) is 30.3 Å². The molecule has 0 amide bonds. The summed E-state index contributed by atoms with van der Waals surface area (Å²) in [5.41, 5.74) is 6.18. The third-order valence-corrected chi connectivity index (χ3v) is 7.96. The maximum atomic E-state index is 6.06. The number of benzene rings is 3. The number of ether oxygens (including phenoxy) is 1. The van der Waals surface area contributed by atoms with Gasteiger partial charge >= 0.3 is 0 Å². The number of hydrogen-bond acceptors (Lipinski definition) is 5. The fraction of sp³-hybridized carbons (Fsp3) is 0.333. The van der Waals surface area contributed by atoms with Crippen LogP contribution in [0.5, 0.6) is 5.75 Å². The third kappa shape index (κ3) is 4.44. The summed E-state index contributed by atoms with van der Waals surface area (Å²) in [5.74, 6) is 1.58. The Morgan fingerprint density at radius 3 is 2.54 bits per heavy atom. The van der Waals surface area contributed by atoms with Crippen molar-refractivity contribution in [2.45, 2.75) is 38.3 Å². The Labute approximate surface area is 216 Å². The highest BCUT2D eigenvalue weighted by molar-refractivity contribution is 5.94. The Balaban J connectivity index is 1.10. The fourth-order valence-corrected chi connectivity index (χ4v) is 5.91. The molecule has 188 valence electrons. The van der Waals surface area contributed by atoms with Crippen LogP contribution in [0.1, 0.15) is 31.2 Å². The van der Waals surface area contributed by atoms with Crippen molar-refractivity contribution in [2.75, 3.05) is 31.1 Å². The first-order chi connectivity index (χ1) is 18.3.